The Balaban J connectivity index is 1.63. The third-order valence-electron chi connectivity index (χ3n) is 4.71. The second-order valence-corrected chi connectivity index (χ2v) is 10.0. The molecule has 0 aliphatic carbocycles. The zero-order valence-corrected chi connectivity index (χ0v) is 17.2. The highest BCUT2D eigenvalue weighted by Gasteiger charge is 2.34. The molecule has 0 radical (unpaired) electrons. The second-order valence-electron chi connectivity index (χ2n) is 6.73. The molecule has 1 unspecified atom stereocenters. The van der Waals surface area contributed by atoms with Crippen molar-refractivity contribution in [2.75, 3.05) is 30.2 Å². The third-order valence-corrected chi connectivity index (χ3v) is 7.64. The lowest BCUT2D eigenvalue weighted by atomic mass is 10.1. The number of thiophene rings is 1. The fraction of sp³-hybridized carbons (Fsp3) is 0.368. The van der Waals surface area contributed by atoms with Crippen LogP contribution in [0.4, 0.5) is 5.69 Å². The van der Waals surface area contributed by atoms with Crippen LogP contribution in [0.2, 0.25) is 0 Å². The molecule has 1 saturated heterocycles. The quantitative estimate of drug-likeness (QED) is 0.717. The van der Waals surface area contributed by atoms with Crippen molar-refractivity contribution in [1.82, 2.24) is 0 Å². The molecule has 1 aromatic carbocycles. The third kappa shape index (κ3) is 4.08. The summed E-state index contributed by atoms with van der Waals surface area (Å²) in [6.07, 6.45) is 0.280. The summed E-state index contributed by atoms with van der Waals surface area (Å²) in [4.78, 5) is 26.0. The van der Waals surface area contributed by atoms with Crippen LogP contribution in [-0.4, -0.2) is 45.2 Å². The van der Waals surface area contributed by atoms with E-state index in [-0.39, 0.29) is 36.2 Å². The number of fused-ring (bicyclic) bond motifs is 1. The zero-order valence-electron chi connectivity index (χ0n) is 15.6. The molecule has 1 aromatic heterocycles. The molecule has 8 nitrogen and oxygen atoms in total. The van der Waals surface area contributed by atoms with Crippen molar-refractivity contribution in [3.05, 3.63) is 29.1 Å². The van der Waals surface area contributed by atoms with Crippen LogP contribution in [0.25, 0.3) is 10.4 Å². The van der Waals surface area contributed by atoms with Crippen LogP contribution in [0, 0.1) is 5.92 Å². The molecule has 0 spiro atoms. The Morgan fingerprint density at radius 2 is 2.03 bits per heavy atom. The number of sulfone groups is 1. The van der Waals surface area contributed by atoms with Gasteiger partial charge in [-0.2, -0.15) is 0 Å². The molecule has 2 aliphatic rings. The number of amides is 1. The Hall–Kier alpha value is -2.59. The van der Waals surface area contributed by atoms with Crippen LogP contribution in [0.1, 0.15) is 23.0 Å². The Kier molecular flexibility index (Phi) is 5.22. The van der Waals surface area contributed by atoms with Gasteiger partial charge in [-0.3, -0.25) is 4.79 Å². The number of carbonyl (C=O) groups is 2. The van der Waals surface area contributed by atoms with E-state index in [0.717, 1.165) is 10.4 Å². The molecule has 0 bridgehead atoms. The fourth-order valence-electron chi connectivity index (χ4n) is 3.26. The van der Waals surface area contributed by atoms with Gasteiger partial charge in [0.1, 0.15) is 4.88 Å². The van der Waals surface area contributed by atoms with E-state index in [9.17, 15) is 18.0 Å². The van der Waals surface area contributed by atoms with Gasteiger partial charge in [0.25, 0.3) is 0 Å². The summed E-state index contributed by atoms with van der Waals surface area (Å²) in [6.45, 7) is 2.05. The van der Waals surface area contributed by atoms with E-state index >= 15 is 0 Å². The first kappa shape index (κ1) is 19.7. The number of anilines is 1. The summed E-state index contributed by atoms with van der Waals surface area (Å²) in [7, 11) is -3.19. The van der Waals surface area contributed by atoms with E-state index in [1.807, 2.05) is 6.07 Å². The van der Waals surface area contributed by atoms with Gasteiger partial charge in [0.05, 0.1) is 29.7 Å². The first-order valence-electron chi connectivity index (χ1n) is 9.08. The Morgan fingerprint density at radius 3 is 2.76 bits per heavy atom. The van der Waals surface area contributed by atoms with Gasteiger partial charge in [-0.1, -0.05) is 0 Å². The molecule has 154 valence electrons. The van der Waals surface area contributed by atoms with Gasteiger partial charge in [-0.05, 0) is 43.2 Å². The monoisotopic (exact) mass is 437 g/mol. The molecule has 3 heterocycles. The Morgan fingerprint density at radius 1 is 1.24 bits per heavy atom. The number of hydrogen-bond donors (Lipinski definition) is 1. The maximum absolute atomic E-state index is 12.6. The van der Waals surface area contributed by atoms with Crippen LogP contribution in [0.5, 0.6) is 11.5 Å². The number of nitrogens with one attached hydrogen (secondary N) is 1. The van der Waals surface area contributed by atoms with Gasteiger partial charge in [0.15, 0.2) is 21.3 Å². The highest BCUT2D eigenvalue weighted by Crippen LogP contribution is 2.40. The average molecular weight is 437 g/mol. The summed E-state index contributed by atoms with van der Waals surface area (Å²) in [6, 6.07) is 7.11. The number of rotatable bonds is 5. The normalized spacial score (nSPS) is 19.1. The molecule has 1 amide bonds. The van der Waals surface area contributed by atoms with Crippen LogP contribution in [0.15, 0.2) is 24.3 Å². The second kappa shape index (κ2) is 7.68. The molecule has 2 aromatic rings. The SMILES string of the molecule is CCOC(=O)c1sc(-c2ccc3c(c2)OCO3)cc1NC(=O)C1CCS(=O)(=O)C1. The van der Waals surface area contributed by atoms with Crippen LogP contribution >= 0.6 is 11.3 Å². The smallest absolute Gasteiger partial charge is 0.350 e. The van der Waals surface area contributed by atoms with Crippen LogP contribution < -0.4 is 14.8 Å². The summed E-state index contributed by atoms with van der Waals surface area (Å²) >= 11 is 1.19. The molecule has 1 N–H and O–H groups in total. The van der Waals surface area contributed by atoms with E-state index in [2.05, 4.69) is 5.32 Å². The Bertz CT molecular complexity index is 1070. The number of benzene rings is 1. The van der Waals surface area contributed by atoms with Gasteiger partial charge in [0.2, 0.25) is 12.7 Å². The number of esters is 1. The van der Waals surface area contributed by atoms with Crippen molar-refractivity contribution in [3.8, 4) is 21.9 Å². The lowest BCUT2D eigenvalue weighted by Crippen LogP contribution is -2.24. The van der Waals surface area contributed by atoms with E-state index in [1.165, 1.54) is 11.3 Å². The van der Waals surface area contributed by atoms with Gasteiger partial charge in [-0.15, -0.1) is 11.3 Å². The van der Waals surface area contributed by atoms with Gasteiger partial charge >= 0.3 is 5.97 Å². The number of hydrogen-bond acceptors (Lipinski definition) is 8. The number of carbonyl (C=O) groups excluding carboxylic acids is 2. The molecule has 10 heteroatoms. The Labute approximate surface area is 171 Å². The predicted octanol–water partition coefficient (Wildman–Crippen LogP) is 2.69. The maximum Gasteiger partial charge on any atom is 0.350 e. The van der Waals surface area contributed by atoms with Crippen molar-refractivity contribution in [2.24, 2.45) is 5.92 Å². The average Bonchev–Trinajstić information content (AvgIpc) is 3.39. The minimum absolute atomic E-state index is 0.00189. The van der Waals surface area contributed by atoms with Crippen LogP contribution in [0.3, 0.4) is 0 Å². The largest absolute Gasteiger partial charge is 0.462 e. The minimum Gasteiger partial charge on any atom is -0.462 e. The van der Waals surface area contributed by atoms with E-state index in [0.29, 0.717) is 17.2 Å². The summed E-state index contributed by atoms with van der Waals surface area (Å²) in [5, 5.41) is 2.72. The minimum atomic E-state index is -3.19. The first-order valence-corrected chi connectivity index (χ1v) is 11.7. The molecule has 4 rings (SSSR count). The summed E-state index contributed by atoms with van der Waals surface area (Å²) in [5.41, 5.74) is 1.11. The summed E-state index contributed by atoms with van der Waals surface area (Å²) in [5.74, 6) is -0.495. The molecular weight excluding hydrogens is 418 g/mol. The van der Waals surface area contributed by atoms with Crippen molar-refractivity contribution in [2.45, 2.75) is 13.3 Å². The lowest BCUT2D eigenvalue weighted by molar-refractivity contribution is -0.119. The van der Waals surface area contributed by atoms with Crippen molar-refractivity contribution in [3.63, 3.8) is 0 Å². The highest BCUT2D eigenvalue weighted by molar-refractivity contribution is 7.91. The predicted molar refractivity (Wildman–Crippen MR) is 107 cm³/mol. The molecule has 1 atom stereocenters. The van der Waals surface area contributed by atoms with Crippen LogP contribution in [-0.2, 0) is 19.4 Å². The molecule has 1 fully saturated rings. The maximum atomic E-state index is 12.6. The van der Waals surface area contributed by atoms with Gasteiger partial charge < -0.3 is 19.5 Å². The molecule has 2 aliphatic heterocycles. The van der Waals surface area contributed by atoms with Crippen molar-refractivity contribution >= 4 is 38.7 Å². The fourth-order valence-corrected chi connectivity index (χ4v) is 6.01. The molecular formula is C19H19NO7S2. The highest BCUT2D eigenvalue weighted by atomic mass is 32.2. The first-order chi connectivity index (χ1) is 13.9. The lowest BCUT2D eigenvalue weighted by Gasteiger charge is -2.09. The van der Waals surface area contributed by atoms with E-state index in [1.54, 1.807) is 25.1 Å². The standard InChI is InChI=1S/C19H19NO7S2/c1-2-25-19(22)17-13(20-18(21)12-5-6-29(23,24)9-12)8-16(28-17)11-3-4-14-15(7-11)27-10-26-14/h3-4,7-8,12H,2,5-6,9-10H2,1H3,(H,20,21). The number of ether oxygens (including phenoxy) is 3. The van der Waals surface area contributed by atoms with Gasteiger partial charge in [-0.25, -0.2) is 13.2 Å². The zero-order chi connectivity index (χ0) is 20.6. The van der Waals surface area contributed by atoms with Crippen molar-refractivity contribution < 1.29 is 32.2 Å². The molecule has 29 heavy (non-hydrogen) atoms. The topological polar surface area (TPSA) is 108 Å². The molecule has 0 saturated carbocycles. The van der Waals surface area contributed by atoms with Crippen molar-refractivity contribution in [1.29, 1.82) is 0 Å². The van der Waals surface area contributed by atoms with E-state index in [4.69, 9.17) is 14.2 Å². The summed E-state index contributed by atoms with van der Waals surface area (Å²) < 4.78 is 39.2. The van der Waals surface area contributed by atoms with Gasteiger partial charge in [0, 0.05) is 4.88 Å². The van der Waals surface area contributed by atoms with E-state index < -0.39 is 27.6 Å².